The van der Waals surface area contributed by atoms with Gasteiger partial charge >= 0.3 is 0 Å². The number of hydrogen-bond donors (Lipinski definition) is 2. The fourth-order valence-corrected chi connectivity index (χ4v) is 1.69. The van der Waals surface area contributed by atoms with Crippen molar-refractivity contribution in [2.24, 2.45) is 0 Å². The van der Waals surface area contributed by atoms with Crippen molar-refractivity contribution in [2.75, 3.05) is 19.3 Å². The Morgan fingerprint density at radius 2 is 2.25 bits per heavy atom. The van der Waals surface area contributed by atoms with Crippen LogP contribution < -0.4 is 10.0 Å². The molecule has 1 heterocycles. The van der Waals surface area contributed by atoms with Gasteiger partial charge in [0, 0.05) is 12.6 Å². The number of rotatable bonds is 3. The topological polar surface area (TPSA) is 58.2 Å². The molecule has 1 saturated heterocycles. The van der Waals surface area contributed by atoms with E-state index in [1.54, 1.807) is 0 Å². The fraction of sp³-hybridized carbons (Fsp3) is 1.00. The quantitative estimate of drug-likeness (QED) is 0.679. The van der Waals surface area contributed by atoms with Crippen molar-refractivity contribution < 1.29 is 8.42 Å². The minimum atomic E-state index is -3.00. The molecular weight excluding hydrogens is 200 g/mol. The van der Waals surface area contributed by atoms with Crippen LogP contribution in [0, 0.1) is 0 Å². The molecule has 2 N–H and O–H groups in total. The first-order valence-electron chi connectivity index (χ1n) is 3.76. The SMILES string of the molecule is CS(=O)(=O)NC[C@@H]1CCCN1.Cl. The van der Waals surface area contributed by atoms with E-state index in [1.807, 2.05) is 0 Å². The molecule has 0 aromatic rings. The second-order valence-corrected chi connectivity index (χ2v) is 4.75. The maximum Gasteiger partial charge on any atom is 0.208 e. The van der Waals surface area contributed by atoms with Crippen LogP contribution in [-0.4, -0.2) is 33.8 Å². The normalized spacial score (nSPS) is 23.6. The third-order valence-corrected chi connectivity index (χ3v) is 2.45. The molecule has 1 aliphatic heterocycles. The molecule has 0 radical (unpaired) electrons. The molecule has 1 aliphatic rings. The summed E-state index contributed by atoms with van der Waals surface area (Å²) in [5.74, 6) is 0. The van der Waals surface area contributed by atoms with Crippen LogP contribution in [0.3, 0.4) is 0 Å². The predicted molar refractivity (Wildman–Crippen MR) is 51.1 cm³/mol. The molecule has 74 valence electrons. The van der Waals surface area contributed by atoms with E-state index in [0.717, 1.165) is 19.4 Å². The summed E-state index contributed by atoms with van der Waals surface area (Å²) in [5.41, 5.74) is 0. The average Bonchev–Trinajstić information content (AvgIpc) is 2.32. The third-order valence-electron chi connectivity index (χ3n) is 1.75. The molecule has 0 aromatic heterocycles. The predicted octanol–water partition coefficient (Wildman–Crippen LogP) is -0.291. The van der Waals surface area contributed by atoms with E-state index in [2.05, 4.69) is 10.0 Å². The molecule has 1 atom stereocenters. The van der Waals surface area contributed by atoms with Crippen LogP contribution in [0.15, 0.2) is 0 Å². The lowest BCUT2D eigenvalue weighted by molar-refractivity contribution is 0.556. The van der Waals surface area contributed by atoms with Gasteiger partial charge in [0.15, 0.2) is 0 Å². The van der Waals surface area contributed by atoms with Gasteiger partial charge in [0.1, 0.15) is 0 Å². The van der Waals surface area contributed by atoms with Gasteiger partial charge in [0.05, 0.1) is 6.26 Å². The van der Waals surface area contributed by atoms with Crippen LogP contribution in [0.5, 0.6) is 0 Å². The molecule has 0 spiro atoms. The smallest absolute Gasteiger partial charge is 0.208 e. The molecular formula is C6H15ClN2O2S. The average molecular weight is 215 g/mol. The molecule has 0 aliphatic carbocycles. The van der Waals surface area contributed by atoms with E-state index >= 15 is 0 Å². The van der Waals surface area contributed by atoms with Gasteiger partial charge in [-0.1, -0.05) is 0 Å². The Balaban J connectivity index is 0.00000121. The molecule has 12 heavy (non-hydrogen) atoms. The summed E-state index contributed by atoms with van der Waals surface area (Å²) in [5, 5.41) is 3.20. The van der Waals surface area contributed by atoms with Gasteiger partial charge < -0.3 is 5.32 Å². The highest BCUT2D eigenvalue weighted by Crippen LogP contribution is 2.03. The number of hydrogen-bond acceptors (Lipinski definition) is 3. The van der Waals surface area contributed by atoms with Gasteiger partial charge in [-0.3, -0.25) is 0 Å². The summed E-state index contributed by atoms with van der Waals surface area (Å²) in [6.45, 7) is 1.54. The van der Waals surface area contributed by atoms with Crippen LogP contribution in [0.2, 0.25) is 0 Å². The molecule has 1 fully saturated rings. The highest BCUT2D eigenvalue weighted by molar-refractivity contribution is 7.88. The Kier molecular flexibility index (Phi) is 5.08. The zero-order chi connectivity index (χ0) is 8.32. The third kappa shape index (κ3) is 4.92. The van der Waals surface area contributed by atoms with E-state index in [0.29, 0.717) is 12.6 Å². The van der Waals surface area contributed by atoms with Crippen molar-refractivity contribution in [3.63, 3.8) is 0 Å². The van der Waals surface area contributed by atoms with Crippen LogP contribution in [-0.2, 0) is 10.0 Å². The van der Waals surface area contributed by atoms with Gasteiger partial charge in [-0.25, -0.2) is 13.1 Å². The minimum Gasteiger partial charge on any atom is -0.313 e. The standard InChI is InChI=1S/C6H14N2O2S.ClH/c1-11(9,10)8-5-6-3-2-4-7-6;/h6-8H,2-5H2,1H3;1H/t6-;/m0./s1. The summed E-state index contributed by atoms with van der Waals surface area (Å²) in [6, 6.07) is 0.338. The Morgan fingerprint density at radius 3 is 2.67 bits per heavy atom. The monoisotopic (exact) mass is 214 g/mol. The summed E-state index contributed by atoms with van der Waals surface area (Å²) in [4.78, 5) is 0. The van der Waals surface area contributed by atoms with E-state index in [-0.39, 0.29) is 12.4 Å². The molecule has 0 bridgehead atoms. The van der Waals surface area contributed by atoms with Crippen LogP contribution >= 0.6 is 12.4 Å². The van der Waals surface area contributed by atoms with Crippen molar-refractivity contribution in [3.05, 3.63) is 0 Å². The summed E-state index contributed by atoms with van der Waals surface area (Å²) >= 11 is 0. The second kappa shape index (κ2) is 5.01. The lowest BCUT2D eigenvalue weighted by atomic mass is 10.2. The van der Waals surface area contributed by atoms with E-state index < -0.39 is 10.0 Å². The molecule has 6 heteroatoms. The largest absolute Gasteiger partial charge is 0.313 e. The van der Waals surface area contributed by atoms with Crippen molar-refractivity contribution in [1.82, 2.24) is 10.0 Å². The highest BCUT2D eigenvalue weighted by Gasteiger charge is 2.14. The first kappa shape index (κ1) is 12.2. The molecule has 4 nitrogen and oxygen atoms in total. The van der Waals surface area contributed by atoms with Crippen LogP contribution in [0.4, 0.5) is 0 Å². The van der Waals surface area contributed by atoms with E-state index in [1.165, 1.54) is 6.26 Å². The van der Waals surface area contributed by atoms with Crippen molar-refractivity contribution in [3.8, 4) is 0 Å². The van der Waals surface area contributed by atoms with Gasteiger partial charge in [0.2, 0.25) is 10.0 Å². The molecule has 0 aromatic carbocycles. The van der Waals surface area contributed by atoms with E-state index in [4.69, 9.17) is 0 Å². The van der Waals surface area contributed by atoms with Crippen LogP contribution in [0.1, 0.15) is 12.8 Å². The zero-order valence-corrected chi connectivity index (χ0v) is 8.67. The van der Waals surface area contributed by atoms with Crippen molar-refractivity contribution in [1.29, 1.82) is 0 Å². The summed E-state index contributed by atoms with van der Waals surface area (Å²) in [6.07, 6.45) is 3.40. The number of halogens is 1. The minimum absolute atomic E-state index is 0. The second-order valence-electron chi connectivity index (χ2n) is 2.91. The summed E-state index contributed by atoms with van der Waals surface area (Å²) < 4.78 is 23.8. The van der Waals surface area contributed by atoms with Gasteiger partial charge in [-0.15, -0.1) is 12.4 Å². The maximum absolute atomic E-state index is 10.6. The first-order chi connectivity index (χ1) is 5.08. The van der Waals surface area contributed by atoms with Crippen molar-refractivity contribution in [2.45, 2.75) is 18.9 Å². The van der Waals surface area contributed by atoms with Gasteiger partial charge in [-0.2, -0.15) is 0 Å². The summed E-state index contributed by atoms with van der Waals surface area (Å²) in [7, 11) is -3.00. The lowest BCUT2D eigenvalue weighted by Gasteiger charge is -2.09. The molecule has 0 saturated carbocycles. The zero-order valence-electron chi connectivity index (χ0n) is 7.04. The Bertz CT molecular complexity index is 212. The molecule has 0 unspecified atom stereocenters. The van der Waals surface area contributed by atoms with E-state index in [9.17, 15) is 8.42 Å². The number of nitrogens with one attached hydrogen (secondary N) is 2. The Labute approximate surface area is 79.6 Å². The Morgan fingerprint density at radius 1 is 1.58 bits per heavy atom. The number of sulfonamides is 1. The molecule has 0 amide bonds. The van der Waals surface area contributed by atoms with Gasteiger partial charge in [0.25, 0.3) is 0 Å². The van der Waals surface area contributed by atoms with Crippen molar-refractivity contribution >= 4 is 22.4 Å². The highest BCUT2D eigenvalue weighted by atomic mass is 35.5. The van der Waals surface area contributed by atoms with Crippen LogP contribution in [0.25, 0.3) is 0 Å². The Hall–Kier alpha value is 0.160. The first-order valence-corrected chi connectivity index (χ1v) is 5.65. The maximum atomic E-state index is 10.6. The van der Waals surface area contributed by atoms with Gasteiger partial charge in [-0.05, 0) is 19.4 Å². The lowest BCUT2D eigenvalue weighted by Crippen LogP contribution is -2.36. The molecule has 1 rings (SSSR count). The fourth-order valence-electron chi connectivity index (χ4n) is 1.18.